The summed E-state index contributed by atoms with van der Waals surface area (Å²) in [5.41, 5.74) is 2.35. The zero-order valence-electron chi connectivity index (χ0n) is 21.3. The van der Waals surface area contributed by atoms with Crippen LogP contribution in [0.25, 0.3) is 0 Å². The molecule has 3 amide bonds. The van der Waals surface area contributed by atoms with Gasteiger partial charge in [-0.1, -0.05) is 35.3 Å². The number of likely N-dealkylation sites (tertiary alicyclic amines) is 1. The molecule has 38 heavy (non-hydrogen) atoms. The van der Waals surface area contributed by atoms with Crippen LogP contribution in [0.3, 0.4) is 0 Å². The second-order valence-electron chi connectivity index (χ2n) is 9.43. The molecule has 2 aromatic carbocycles. The molecule has 0 spiro atoms. The maximum atomic E-state index is 13.7. The maximum Gasteiger partial charge on any atom is 0.322 e. The van der Waals surface area contributed by atoms with E-state index >= 15 is 0 Å². The molecule has 10 heteroatoms. The summed E-state index contributed by atoms with van der Waals surface area (Å²) in [6.45, 7) is 5.67. The van der Waals surface area contributed by atoms with Gasteiger partial charge in [0.25, 0.3) is 0 Å². The number of benzene rings is 2. The number of thiophene rings is 1. The van der Waals surface area contributed by atoms with Gasteiger partial charge in [-0.2, -0.15) is 0 Å². The first-order valence-corrected chi connectivity index (χ1v) is 14.2. The standard InChI is InChI=1S/C28H31Cl2FN4O2S/c1-20-10-15-38-26(20)18-35(17-21-4-7-23(31)8-5-21)27(36)19-34(14-13-33-11-2-3-12-33)28(37)32-25-9-6-22(29)16-24(25)30/h4-10,15-16H,2-3,11-14,17-19H2,1H3,(H,32,37). The Kier molecular flexibility index (Phi) is 10.0. The Morgan fingerprint density at radius 3 is 2.42 bits per heavy atom. The van der Waals surface area contributed by atoms with Gasteiger partial charge >= 0.3 is 6.03 Å². The van der Waals surface area contributed by atoms with E-state index in [1.54, 1.807) is 46.6 Å². The molecule has 0 radical (unpaired) electrons. The van der Waals surface area contributed by atoms with Crippen LogP contribution in [0.2, 0.25) is 10.0 Å². The van der Waals surface area contributed by atoms with Crippen LogP contribution in [0.4, 0.5) is 14.9 Å². The van der Waals surface area contributed by atoms with Crippen molar-refractivity contribution >= 4 is 52.2 Å². The number of nitrogens with one attached hydrogen (secondary N) is 1. The number of hydrogen-bond acceptors (Lipinski definition) is 4. The maximum absolute atomic E-state index is 13.7. The van der Waals surface area contributed by atoms with Crippen LogP contribution in [0, 0.1) is 12.7 Å². The molecule has 1 aromatic heterocycles. The van der Waals surface area contributed by atoms with Crippen molar-refractivity contribution in [1.82, 2.24) is 14.7 Å². The van der Waals surface area contributed by atoms with Gasteiger partial charge in [0.05, 0.1) is 17.3 Å². The van der Waals surface area contributed by atoms with Gasteiger partial charge in [0, 0.05) is 29.5 Å². The Hall–Kier alpha value is -2.65. The van der Waals surface area contributed by atoms with Crippen molar-refractivity contribution in [3.8, 4) is 0 Å². The van der Waals surface area contributed by atoms with Crippen molar-refractivity contribution in [3.05, 3.63) is 85.8 Å². The smallest absolute Gasteiger partial charge is 0.322 e. The van der Waals surface area contributed by atoms with Crippen LogP contribution >= 0.6 is 34.5 Å². The highest BCUT2D eigenvalue weighted by atomic mass is 35.5. The number of aryl methyl sites for hydroxylation is 1. The van der Waals surface area contributed by atoms with Crippen LogP contribution in [-0.4, -0.2) is 59.4 Å². The first kappa shape index (κ1) is 28.4. The summed E-state index contributed by atoms with van der Waals surface area (Å²) in [5, 5.41) is 5.62. The second-order valence-corrected chi connectivity index (χ2v) is 11.3. The molecule has 4 rings (SSSR count). The summed E-state index contributed by atoms with van der Waals surface area (Å²) in [6, 6.07) is 12.6. The molecule has 0 unspecified atom stereocenters. The average Bonchev–Trinajstić information content (AvgIpc) is 3.56. The van der Waals surface area contributed by atoms with E-state index in [0.29, 0.717) is 41.9 Å². The van der Waals surface area contributed by atoms with Crippen LogP contribution in [0.15, 0.2) is 53.9 Å². The molecule has 1 N–H and O–H groups in total. The van der Waals surface area contributed by atoms with E-state index in [0.717, 1.165) is 41.9 Å². The number of nitrogens with zero attached hydrogens (tertiary/aromatic N) is 3. The van der Waals surface area contributed by atoms with E-state index in [1.807, 2.05) is 18.4 Å². The van der Waals surface area contributed by atoms with E-state index in [9.17, 15) is 14.0 Å². The first-order valence-electron chi connectivity index (χ1n) is 12.6. The minimum Gasteiger partial charge on any atom is -0.332 e. The monoisotopic (exact) mass is 576 g/mol. The van der Waals surface area contributed by atoms with Crippen LogP contribution in [0.5, 0.6) is 0 Å². The highest BCUT2D eigenvalue weighted by molar-refractivity contribution is 7.10. The fourth-order valence-corrected chi connectivity index (χ4v) is 5.73. The molecule has 3 aromatic rings. The average molecular weight is 578 g/mol. The van der Waals surface area contributed by atoms with Crippen molar-refractivity contribution in [2.45, 2.75) is 32.9 Å². The third kappa shape index (κ3) is 7.93. The van der Waals surface area contributed by atoms with Gasteiger partial charge in [-0.15, -0.1) is 11.3 Å². The summed E-state index contributed by atoms with van der Waals surface area (Å²) in [5.74, 6) is -0.521. The minimum absolute atomic E-state index is 0.101. The number of hydrogen-bond donors (Lipinski definition) is 1. The number of carbonyl (C=O) groups is 2. The molecule has 6 nitrogen and oxygen atoms in total. The quantitative estimate of drug-likeness (QED) is 0.293. The van der Waals surface area contributed by atoms with E-state index in [2.05, 4.69) is 10.2 Å². The lowest BCUT2D eigenvalue weighted by atomic mass is 10.2. The van der Waals surface area contributed by atoms with Crippen molar-refractivity contribution in [3.63, 3.8) is 0 Å². The van der Waals surface area contributed by atoms with Gasteiger partial charge < -0.3 is 20.0 Å². The topological polar surface area (TPSA) is 55.9 Å². The van der Waals surface area contributed by atoms with Crippen LogP contribution in [-0.2, 0) is 17.9 Å². The molecule has 1 aliphatic heterocycles. The summed E-state index contributed by atoms with van der Waals surface area (Å²) in [7, 11) is 0. The van der Waals surface area contributed by atoms with Gasteiger partial charge in [-0.25, -0.2) is 9.18 Å². The highest BCUT2D eigenvalue weighted by Crippen LogP contribution is 2.26. The third-order valence-corrected chi connectivity index (χ3v) is 8.17. The first-order chi connectivity index (χ1) is 18.3. The van der Waals surface area contributed by atoms with Crippen molar-refractivity contribution in [2.24, 2.45) is 0 Å². The summed E-state index contributed by atoms with van der Waals surface area (Å²) in [6.07, 6.45) is 2.27. The van der Waals surface area contributed by atoms with E-state index in [4.69, 9.17) is 23.2 Å². The van der Waals surface area contributed by atoms with Gasteiger partial charge in [-0.3, -0.25) is 4.79 Å². The molecule has 0 atom stereocenters. The van der Waals surface area contributed by atoms with Crippen LogP contribution < -0.4 is 5.32 Å². The molecule has 1 aliphatic rings. The zero-order valence-corrected chi connectivity index (χ0v) is 23.6. The molecule has 0 bridgehead atoms. The fourth-order valence-electron chi connectivity index (χ4n) is 4.35. The lowest BCUT2D eigenvalue weighted by Gasteiger charge is -2.29. The zero-order chi connectivity index (χ0) is 27.1. The number of anilines is 1. The number of rotatable bonds is 10. The van der Waals surface area contributed by atoms with Gasteiger partial charge in [0.2, 0.25) is 5.91 Å². The predicted molar refractivity (Wildman–Crippen MR) is 152 cm³/mol. The summed E-state index contributed by atoms with van der Waals surface area (Å²) < 4.78 is 13.5. The van der Waals surface area contributed by atoms with Gasteiger partial charge in [0.15, 0.2) is 0 Å². The Morgan fingerprint density at radius 2 is 1.76 bits per heavy atom. The van der Waals surface area contributed by atoms with Crippen molar-refractivity contribution in [2.75, 3.05) is 38.0 Å². The molecular weight excluding hydrogens is 546 g/mol. The van der Waals surface area contributed by atoms with E-state index in [-0.39, 0.29) is 18.3 Å². The summed E-state index contributed by atoms with van der Waals surface area (Å²) >= 11 is 13.9. The molecule has 1 saturated heterocycles. The Labute approximate surface area is 236 Å². The SMILES string of the molecule is Cc1ccsc1CN(Cc1ccc(F)cc1)C(=O)CN(CCN1CCCC1)C(=O)Nc1ccc(Cl)cc1Cl. The Morgan fingerprint density at radius 1 is 1.03 bits per heavy atom. The normalized spacial score (nSPS) is 13.5. The van der Waals surface area contributed by atoms with Crippen molar-refractivity contribution < 1.29 is 14.0 Å². The Bertz CT molecular complexity index is 1250. The Balaban J connectivity index is 1.52. The second kappa shape index (κ2) is 13.4. The van der Waals surface area contributed by atoms with Gasteiger partial charge in [-0.05, 0) is 85.8 Å². The lowest BCUT2D eigenvalue weighted by Crippen LogP contribution is -2.46. The fraction of sp³-hybridized carbons (Fsp3) is 0.357. The largest absolute Gasteiger partial charge is 0.332 e. The minimum atomic E-state index is -0.407. The number of halogens is 3. The van der Waals surface area contributed by atoms with E-state index < -0.39 is 6.03 Å². The molecule has 2 heterocycles. The molecular formula is C28H31Cl2FN4O2S. The summed E-state index contributed by atoms with van der Waals surface area (Å²) in [4.78, 5) is 33.7. The lowest BCUT2D eigenvalue weighted by molar-refractivity contribution is -0.133. The number of carbonyl (C=O) groups excluding carboxylic acids is 2. The molecule has 1 fully saturated rings. The van der Waals surface area contributed by atoms with Crippen molar-refractivity contribution in [1.29, 1.82) is 0 Å². The van der Waals surface area contributed by atoms with E-state index in [1.165, 1.54) is 17.0 Å². The highest BCUT2D eigenvalue weighted by Gasteiger charge is 2.24. The number of amides is 3. The molecule has 0 aliphatic carbocycles. The molecule has 0 saturated carbocycles. The third-order valence-electron chi connectivity index (χ3n) is 6.61. The van der Waals surface area contributed by atoms with Crippen LogP contribution in [0.1, 0.15) is 28.8 Å². The number of urea groups is 1. The van der Waals surface area contributed by atoms with Gasteiger partial charge in [0.1, 0.15) is 12.4 Å². The predicted octanol–water partition coefficient (Wildman–Crippen LogP) is 6.66. The molecule has 202 valence electrons.